The SMILES string of the molecule is C[C@@H](NCC=CC(=O)OCC=Cc1ccc(Cn2ccnc2)cc1)C(=O)OC(C)(C)C. The van der Waals surface area contributed by atoms with E-state index in [9.17, 15) is 9.59 Å². The highest BCUT2D eigenvalue weighted by Crippen LogP contribution is 2.09. The fourth-order valence-corrected chi connectivity index (χ4v) is 2.56. The zero-order chi connectivity index (χ0) is 22.7. The molecule has 7 nitrogen and oxygen atoms in total. The number of nitrogens with one attached hydrogen (secondary N) is 1. The van der Waals surface area contributed by atoms with Gasteiger partial charge in [0.25, 0.3) is 0 Å². The summed E-state index contributed by atoms with van der Waals surface area (Å²) in [6, 6.07) is 7.68. The van der Waals surface area contributed by atoms with Crippen LogP contribution < -0.4 is 5.32 Å². The molecule has 0 fully saturated rings. The van der Waals surface area contributed by atoms with Gasteiger partial charge in [0.05, 0.1) is 6.33 Å². The molecule has 0 aliphatic carbocycles. The van der Waals surface area contributed by atoms with Gasteiger partial charge in [0.2, 0.25) is 0 Å². The number of benzene rings is 1. The smallest absolute Gasteiger partial charge is 0.330 e. The minimum absolute atomic E-state index is 0.182. The van der Waals surface area contributed by atoms with E-state index >= 15 is 0 Å². The van der Waals surface area contributed by atoms with Crippen LogP contribution in [0.5, 0.6) is 0 Å². The molecule has 1 heterocycles. The molecule has 1 aromatic heterocycles. The molecule has 0 radical (unpaired) electrons. The number of esters is 2. The number of aromatic nitrogens is 2. The molecule has 0 bridgehead atoms. The summed E-state index contributed by atoms with van der Waals surface area (Å²) in [6.45, 7) is 8.49. The molecule has 1 aromatic carbocycles. The lowest BCUT2D eigenvalue weighted by atomic mass is 10.1. The van der Waals surface area contributed by atoms with Crippen LogP contribution >= 0.6 is 0 Å². The van der Waals surface area contributed by atoms with E-state index in [1.54, 1.807) is 31.6 Å². The van der Waals surface area contributed by atoms with Crippen LogP contribution in [0.15, 0.2) is 61.2 Å². The van der Waals surface area contributed by atoms with Crippen molar-refractivity contribution in [1.29, 1.82) is 0 Å². The molecular weight excluding hydrogens is 394 g/mol. The molecule has 0 amide bonds. The molecule has 0 aliphatic rings. The molecule has 1 N–H and O–H groups in total. The van der Waals surface area contributed by atoms with Crippen LogP contribution in [0.1, 0.15) is 38.8 Å². The van der Waals surface area contributed by atoms with E-state index in [2.05, 4.69) is 22.4 Å². The van der Waals surface area contributed by atoms with Gasteiger partial charge < -0.3 is 19.4 Å². The number of hydrogen-bond donors (Lipinski definition) is 1. The van der Waals surface area contributed by atoms with Crippen LogP contribution in [0.25, 0.3) is 6.08 Å². The summed E-state index contributed by atoms with van der Waals surface area (Å²) in [5.74, 6) is -0.768. The molecule has 1 atom stereocenters. The largest absolute Gasteiger partial charge is 0.459 e. The van der Waals surface area contributed by atoms with Gasteiger partial charge in [0.1, 0.15) is 18.2 Å². The first kappa shape index (κ1) is 24.1. The molecule has 31 heavy (non-hydrogen) atoms. The average Bonchev–Trinajstić information content (AvgIpc) is 3.21. The number of ether oxygens (including phenoxy) is 2. The molecular formula is C24H31N3O4. The van der Waals surface area contributed by atoms with Gasteiger partial charge in [-0.05, 0) is 44.9 Å². The van der Waals surface area contributed by atoms with Gasteiger partial charge in [-0.15, -0.1) is 0 Å². The van der Waals surface area contributed by atoms with Crippen molar-refractivity contribution in [1.82, 2.24) is 14.9 Å². The zero-order valence-electron chi connectivity index (χ0n) is 18.6. The highest BCUT2D eigenvalue weighted by Gasteiger charge is 2.20. The molecule has 0 aliphatic heterocycles. The lowest BCUT2D eigenvalue weighted by Gasteiger charge is -2.22. The van der Waals surface area contributed by atoms with Crippen LogP contribution in [0.3, 0.4) is 0 Å². The second kappa shape index (κ2) is 11.9. The third kappa shape index (κ3) is 9.91. The van der Waals surface area contributed by atoms with Crippen LogP contribution in [-0.2, 0) is 25.6 Å². The molecule has 2 rings (SSSR count). The highest BCUT2D eigenvalue weighted by atomic mass is 16.6. The molecule has 166 valence electrons. The second-order valence-electron chi connectivity index (χ2n) is 8.07. The molecule has 0 spiro atoms. The Morgan fingerprint density at radius 3 is 2.58 bits per heavy atom. The number of nitrogens with zero attached hydrogens (tertiary/aromatic N) is 2. The van der Waals surface area contributed by atoms with Crippen molar-refractivity contribution in [2.24, 2.45) is 0 Å². The zero-order valence-corrected chi connectivity index (χ0v) is 18.6. The standard InChI is InChI=1S/C24H31N3O4/c1-19(23(29)31-24(2,3)4)26-13-5-8-22(28)30-16-6-7-20-9-11-21(12-10-20)17-27-15-14-25-18-27/h5-12,14-15,18-19,26H,13,16-17H2,1-4H3/t19-/m1/s1. The maximum absolute atomic E-state index is 11.9. The summed E-state index contributed by atoms with van der Waals surface area (Å²) in [6.07, 6.45) is 12.1. The third-order valence-corrected chi connectivity index (χ3v) is 4.09. The summed E-state index contributed by atoms with van der Waals surface area (Å²) in [7, 11) is 0. The van der Waals surface area contributed by atoms with E-state index in [-0.39, 0.29) is 12.6 Å². The molecule has 0 saturated carbocycles. The van der Waals surface area contributed by atoms with Gasteiger partial charge in [-0.3, -0.25) is 4.79 Å². The fraction of sp³-hybridized carbons (Fsp3) is 0.375. The van der Waals surface area contributed by atoms with Crippen LogP contribution in [0.4, 0.5) is 0 Å². The van der Waals surface area contributed by atoms with E-state index in [0.717, 1.165) is 12.1 Å². The van der Waals surface area contributed by atoms with Crippen molar-refractivity contribution in [3.63, 3.8) is 0 Å². The van der Waals surface area contributed by atoms with Gasteiger partial charge >= 0.3 is 11.9 Å². The maximum Gasteiger partial charge on any atom is 0.330 e. The Bertz CT molecular complexity index is 879. The summed E-state index contributed by atoms with van der Waals surface area (Å²) >= 11 is 0. The number of carbonyl (C=O) groups excluding carboxylic acids is 2. The topological polar surface area (TPSA) is 82.5 Å². The van der Waals surface area contributed by atoms with Crippen LogP contribution in [0.2, 0.25) is 0 Å². The number of rotatable bonds is 10. The number of carbonyl (C=O) groups is 2. The monoisotopic (exact) mass is 425 g/mol. The van der Waals surface area contributed by atoms with E-state index in [4.69, 9.17) is 9.47 Å². The van der Waals surface area contributed by atoms with E-state index in [1.165, 1.54) is 11.6 Å². The van der Waals surface area contributed by atoms with Crippen molar-refractivity contribution in [2.75, 3.05) is 13.2 Å². The molecule has 0 unspecified atom stereocenters. The first-order valence-electron chi connectivity index (χ1n) is 10.2. The average molecular weight is 426 g/mol. The van der Waals surface area contributed by atoms with Crippen molar-refractivity contribution < 1.29 is 19.1 Å². The minimum Gasteiger partial charge on any atom is -0.459 e. The summed E-state index contributed by atoms with van der Waals surface area (Å²) in [5, 5.41) is 2.98. The Morgan fingerprint density at radius 2 is 1.94 bits per heavy atom. The van der Waals surface area contributed by atoms with Crippen molar-refractivity contribution in [3.8, 4) is 0 Å². The van der Waals surface area contributed by atoms with E-state index in [0.29, 0.717) is 6.54 Å². The maximum atomic E-state index is 11.9. The lowest BCUT2D eigenvalue weighted by molar-refractivity contribution is -0.156. The Kier molecular flexibility index (Phi) is 9.21. The minimum atomic E-state index is -0.525. The lowest BCUT2D eigenvalue weighted by Crippen LogP contribution is -2.39. The Morgan fingerprint density at radius 1 is 1.19 bits per heavy atom. The summed E-state index contributed by atoms with van der Waals surface area (Å²) < 4.78 is 12.4. The van der Waals surface area contributed by atoms with Gasteiger partial charge in [-0.25, -0.2) is 9.78 Å². The summed E-state index contributed by atoms with van der Waals surface area (Å²) in [4.78, 5) is 27.6. The predicted molar refractivity (Wildman–Crippen MR) is 120 cm³/mol. The Balaban J connectivity index is 1.64. The first-order valence-corrected chi connectivity index (χ1v) is 10.2. The highest BCUT2D eigenvalue weighted by molar-refractivity contribution is 5.82. The Labute approximate surface area is 183 Å². The quantitative estimate of drug-likeness (QED) is 0.464. The van der Waals surface area contributed by atoms with Crippen LogP contribution in [0, 0.1) is 0 Å². The fourth-order valence-electron chi connectivity index (χ4n) is 2.56. The predicted octanol–water partition coefficient (Wildman–Crippen LogP) is 3.36. The number of imidazole rings is 1. The third-order valence-electron chi connectivity index (χ3n) is 4.09. The van der Waals surface area contributed by atoms with Crippen LogP contribution in [-0.4, -0.2) is 46.3 Å². The molecule has 7 heteroatoms. The van der Waals surface area contributed by atoms with Gasteiger partial charge in [-0.1, -0.05) is 36.4 Å². The first-order chi connectivity index (χ1) is 14.7. The van der Waals surface area contributed by atoms with E-state index in [1.807, 2.05) is 49.7 Å². The van der Waals surface area contributed by atoms with Gasteiger partial charge in [0, 0.05) is 31.6 Å². The van der Waals surface area contributed by atoms with Crippen molar-refractivity contribution in [2.45, 2.75) is 45.9 Å². The number of hydrogen-bond acceptors (Lipinski definition) is 6. The second-order valence-corrected chi connectivity index (χ2v) is 8.07. The van der Waals surface area contributed by atoms with Gasteiger partial charge in [0.15, 0.2) is 0 Å². The van der Waals surface area contributed by atoms with Crippen molar-refractivity contribution in [3.05, 3.63) is 72.3 Å². The molecule has 2 aromatic rings. The van der Waals surface area contributed by atoms with Crippen molar-refractivity contribution >= 4 is 18.0 Å². The summed E-state index contributed by atoms with van der Waals surface area (Å²) in [5.41, 5.74) is 1.69. The van der Waals surface area contributed by atoms with Gasteiger partial charge in [-0.2, -0.15) is 0 Å². The van der Waals surface area contributed by atoms with E-state index < -0.39 is 17.6 Å². The molecule has 0 saturated heterocycles. The normalized spacial score (nSPS) is 12.9. The Hall–Kier alpha value is -3.19.